The first-order valence-electron chi connectivity index (χ1n) is 12.9. The van der Waals surface area contributed by atoms with Gasteiger partial charge < -0.3 is 19.4 Å². The number of rotatable bonds is 9. The third-order valence-corrected chi connectivity index (χ3v) is 8.67. The summed E-state index contributed by atoms with van der Waals surface area (Å²) in [4.78, 5) is 18.1. The normalized spacial score (nSPS) is 18.3. The summed E-state index contributed by atoms with van der Waals surface area (Å²) in [5, 5.41) is 6.92. The maximum absolute atomic E-state index is 12.5. The summed E-state index contributed by atoms with van der Waals surface area (Å²) < 4.78 is 39.8. The number of nitrogens with zero attached hydrogens (tertiary/aromatic N) is 7. The fourth-order valence-corrected chi connectivity index (χ4v) is 6.06. The van der Waals surface area contributed by atoms with Crippen molar-refractivity contribution in [3.8, 4) is 11.4 Å². The van der Waals surface area contributed by atoms with Gasteiger partial charge in [0.25, 0.3) is 10.0 Å². The summed E-state index contributed by atoms with van der Waals surface area (Å²) in [5.74, 6) is 2.31. The molecular weight excluding hydrogens is 508 g/mol. The van der Waals surface area contributed by atoms with Crippen LogP contribution in [0.4, 0.5) is 11.6 Å². The van der Waals surface area contributed by atoms with Crippen molar-refractivity contribution in [2.24, 2.45) is 0 Å². The minimum absolute atomic E-state index is 0.162. The Morgan fingerprint density at radius 2 is 2.00 bits per heavy atom. The van der Waals surface area contributed by atoms with Gasteiger partial charge in [-0.05, 0) is 52.0 Å². The van der Waals surface area contributed by atoms with Crippen molar-refractivity contribution < 1.29 is 17.9 Å². The van der Waals surface area contributed by atoms with Gasteiger partial charge in [0, 0.05) is 24.9 Å². The zero-order valence-corrected chi connectivity index (χ0v) is 22.1. The van der Waals surface area contributed by atoms with E-state index in [1.54, 1.807) is 18.5 Å². The standard InChI is InChI=1S/C25H30N8O4S/c1-16(2)33-20-11-22(27-13-19(20)29-23(33)15-37-24-5-3-4-10-36-24)30-21-8-9-26-25(31-21)17-12-28-32(14-17)38(34,35)18-6-7-18/h8-9,11-14,16,18,24H,3-7,10,15H2,1-2H3,(H,26,27,30,31). The average molecular weight is 539 g/mol. The van der Waals surface area contributed by atoms with Gasteiger partial charge in [0.2, 0.25) is 0 Å². The number of imidazole rings is 1. The van der Waals surface area contributed by atoms with E-state index in [0.717, 1.165) is 46.8 Å². The van der Waals surface area contributed by atoms with Crippen molar-refractivity contribution in [2.75, 3.05) is 11.9 Å². The molecule has 1 aliphatic heterocycles. The van der Waals surface area contributed by atoms with Gasteiger partial charge in [-0.1, -0.05) is 0 Å². The molecule has 13 heteroatoms. The molecule has 0 amide bonds. The molecule has 1 N–H and O–H groups in total. The lowest BCUT2D eigenvalue weighted by Crippen LogP contribution is -2.23. The third kappa shape index (κ3) is 5.00. The maximum Gasteiger partial charge on any atom is 0.256 e. The number of hydrogen-bond acceptors (Lipinski definition) is 10. The Bertz CT molecular complexity index is 1550. The predicted octanol–water partition coefficient (Wildman–Crippen LogP) is 3.79. The SMILES string of the molecule is CC(C)n1c(COC2CCCCO2)nc2cnc(Nc3ccnc(-c4cnn(S(=O)(=O)C5CC5)c4)n3)cc21. The van der Waals surface area contributed by atoms with Crippen molar-refractivity contribution in [1.29, 1.82) is 0 Å². The molecule has 0 aromatic carbocycles. The molecule has 0 radical (unpaired) electrons. The summed E-state index contributed by atoms with van der Waals surface area (Å²) in [6.45, 7) is 5.31. The van der Waals surface area contributed by atoms with Crippen LogP contribution in [-0.2, 0) is 26.1 Å². The van der Waals surface area contributed by atoms with E-state index in [0.29, 0.717) is 42.5 Å². The molecule has 5 heterocycles. The van der Waals surface area contributed by atoms with Crippen LogP contribution in [0.5, 0.6) is 0 Å². The highest BCUT2D eigenvalue weighted by atomic mass is 32.2. The van der Waals surface area contributed by atoms with E-state index < -0.39 is 10.0 Å². The van der Waals surface area contributed by atoms with Gasteiger partial charge in [0.1, 0.15) is 29.6 Å². The molecule has 200 valence electrons. The molecule has 4 aromatic rings. The van der Waals surface area contributed by atoms with Crippen LogP contribution in [0.15, 0.2) is 36.9 Å². The molecule has 4 aromatic heterocycles. The van der Waals surface area contributed by atoms with Crippen LogP contribution in [0.2, 0.25) is 0 Å². The molecule has 1 saturated carbocycles. The number of anilines is 2. The smallest absolute Gasteiger partial charge is 0.256 e. The van der Waals surface area contributed by atoms with Crippen LogP contribution >= 0.6 is 0 Å². The maximum atomic E-state index is 12.5. The van der Waals surface area contributed by atoms with Crippen molar-refractivity contribution in [1.82, 2.24) is 33.7 Å². The highest BCUT2D eigenvalue weighted by molar-refractivity contribution is 7.90. The quantitative estimate of drug-likeness (QED) is 0.335. The second-order valence-electron chi connectivity index (χ2n) is 9.89. The van der Waals surface area contributed by atoms with Crippen molar-refractivity contribution >= 4 is 32.7 Å². The Kier molecular flexibility index (Phi) is 6.58. The Balaban J connectivity index is 1.22. The number of nitrogens with one attached hydrogen (secondary N) is 1. The molecule has 0 spiro atoms. The van der Waals surface area contributed by atoms with Crippen LogP contribution < -0.4 is 5.32 Å². The van der Waals surface area contributed by atoms with Gasteiger partial charge in [-0.25, -0.2) is 28.4 Å². The van der Waals surface area contributed by atoms with Crippen LogP contribution in [-0.4, -0.2) is 60.3 Å². The number of hydrogen-bond donors (Lipinski definition) is 1. The second-order valence-corrected chi connectivity index (χ2v) is 12.0. The molecule has 1 atom stereocenters. The van der Waals surface area contributed by atoms with E-state index in [-0.39, 0.29) is 17.6 Å². The Morgan fingerprint density at radius 1 is 1.13 bits per heavy atom. The molecule has 0 bridgehead atoms. The van der Waals surface area contributed by atoms with Crippen LogP contribution in [0.1, 0.15) is 57.8 Å². The summed E-state index contributed by atoms with van der Waals surface area (Å²) in [6, 6.07) is 3.82. The zero-order chi connectivity index (χ0) is 26.3. The van der Waals surface area contributed by atoms with Gasteiger partial charge in [0.05, 0.1) is 34.9 Å². The molecule has 6 rings (SSSR count). The Morgan fingerprint density at radius 3 is 2.76 bits per heavy atom. The van der Waals surface area contributed by atoms with Gasteiger partial charge in [-0.15, -0.1) is 0 Å². The lowest BCUT2D eigenvalue weighted by atomic mass is 10.2. The fraction of sp³-hybridized carbons (Fsp3) is 0.480. The fourth-order valence-electron chi connectivity index (χ4n) is 4.58. The first kappa shape index (κ1) is 24.9. The largest absolute Gasteiger partial charge is 0.353 e. The van der Waals surface area contributed by atoms with Crippen molar-refractivity contribution in [2.45, 2.75) is 70.1 Å². The van der Waals surface area contributed by atoms with Gasteiger partial charge in [0.15, 0.2) is 12.1 Å². The minimum Gasteiger partial charge on any atom is -0.353 e. The van der Waals surface area contributed by atoms with Crippen LogP contribution in [0.3, 0.4) is 0 Å². The highest BCUT2D eigenvalue weighted by Gasteiger charge is 2.37. The topological polar surface area (TPSA) is 139 Å². The number of fused-ring (bicyclic) bond motifs is 1. The van der Waals surface area contributed by atoms with E-state index in [4.69, 9.17) is 14.5 Å². The Labute approximate surface area is 220 Å². The van der Waals surface area contributed by atoms with E-state index in [1.807, 2.05) is 6.07 Å². The average Bonchev–Trinajstić information content (AvgIpc) is 3.54. The number of aromatic nitrogens is 7. The van der Waals surface area contributed by atoms with Gasteiger partial charge >= 0.3 is 0 Å². The highest BCUT2D eigenvalue weighted by Crippen LogP contribution is 2.30. The lowest BCUT2D eigenvalue weighted by Gasteiger charge is -2.23. The molecule has 2 fully saturated rings. The lowest BCUT2D eigenvalue weighted by molar-refractivity contribution is -0.170. The monoisotopic (exact) mass is 538 g/mol. The molecule has 12 nitrogen and oxygen atoms in total. The van der Waals surface area contributed by atoms with Gasteiger partial charge in [-0.3, -0.25) is 0 Å². The van der Waals surface area contributed by atoms with E-state index in [1.165, 1.54) is 12.4 Å². The molecule has 2 aliphatic rings. The van der Waals surface area contributed by atoms with E-state index in [2.05, 4.69) is 43.8 Å². The first-order valence-corrected chi connectivity index (χ1v) is 14.4. The number of pyridine rings is 1. The predicted molar refractivity (Wildman–Crippen MR) is 140 cm³/mol. The molecule has 38 heavy (non-hydrogen) atoms. The minimum atomic E-state index is -3.45. The third-order valence-electron chi connectivity index (χ3n) is 6.64. The van der Waals surface area contributed by atoms with Crippen LogP contribution in [0.25, 0.3) is 22.4 Å². The first-order chi connectivity index (χ1) is 18.4. The van der Waals surface area contributed by atoms with E-state index in [9.17, 15) is 8.42 Å². The summed E-state index contributed by atoms with van der Waals surface area (Å²) in [5.41, 5.74) is 2.23. The molecular formula is C25H30N8O4S. The van der Waals surface area contributed by atoms with E-state index >= 15 is 0 Å². The molecule has 1 aliphatic carbocycles. The zero-order valence-electron chi connectivity index (χ0n) is 21.3. The van der Waals surface area contributed by atoms with Crippen molar-refractivity contribution in [3.63, 3.8) is 0 Å². The van der Waals surface area contributed by atoms with Gasteiger partial charge in [-0.2, -0.15) is 9.19 Å². The number of ether oxygens (including phenoxy) is 2. The van der Waals surface area contributed by atoms with Crippen molar-refractivity contribution in [3.05, 3.63) is 42.7 Å². The van der Waals surface area contributed by atoms with Crippen LogP contribution in [0, 0.1) is 0 Å². The summed E-state index contributed by atoms with van der Waals surface area (Å²) in [7, 11) is -3.45. The molecule has 1 unspecified atom stereocenters. The Hall–Kier alpha value is -3.42. The summed E-state index contributed by atoms with van der Waals surface area (Å²) in [6.07, 6.45) is 10.5. The second kappa shape index (κ2) is 10.0. The summed E-state index contributed by atoms with van der Waals surface area (Å²) >= 11 is 0. The molecule has 1 saturated heterocycles.